The van der Waals surface area contributed by atoms with Gasteiger partial charge in [0.05, 0.1) is 16.7 Å². The number of benzene rings is 8. The lowest BCUT2D eigenvalue weighted by Gasteiger charge is -2.13. The highest BCUT2D eigenvalue weighted by Gasteiger charge is 2.23. The van der Waals surface area contributed by atoms with Crippen LogP contribution in [0, 0.1) is 0 Å². The summed E-state index contributed by atoms with van der Waals surface area (Å²) in [5.74, 6) is 1.72. The van der Waals surface area contributed by atoms with Gasteiger partial charge < -0.3 is 13.4 Å². The molecular formula is C51H30N4O2. The molecule has 12 aromatic rings. The second-order valence-corrected chi connectivity index (χ2v) is 14.3. The van der Waals surface area contributed by atoms with Crippen molar-refractivity contribution in [1.29, 1.82) is 0 Å². The molecule has 6 nitrogen and oxygen atoms in total. The van der Waals surface area contributed by atoms with E-state index in [0.29, 0.717) is 17.5 Å². The van der Waals surface area contributed by atoms with Gasteiger partial charge in [-0.1, -0.05) is 146 Å². The molecule has 12 rings (SSSR count). The minimum atomic E-state index is 0.564. The van der Waals surface area contributed by atoms with Crippen LogP contribution >= 0.6 is 0 Å². The minimum absolute atomic E-state index is 0.564. The van der Waals surface area contributed by atoms with Crippen LogP contribution < -0.4 is 0 Å². The van der Waals surface area contributed by atoms with Crippen molar-refractivity contribution in [2.24, 2.45) is 0 Å². The Hall–Kier alpha value is -7.83. The Kier molecular flexibility index (Phi) is 6.83. The minimum Gasteiger partial charge on any atom is -0.456 e. The first-order chi connectivity index (χ1) is 28.3. The van der Waals surface area contributed by atoms with E-state index in [0.717, 1.165) is 99.2 Å². The van der Waals surface area contributed by atoms with Crippen LogP contribution in [0.15, 0.2) is 191 Å². The summed E-state index contributed by atoms with van der Waals surface area (Å²) in [5, 5.41) is 6.48. The fourth-order valence-electron chi connectivity index (χ4n) is 8.48. The second kappa shape index (κ2) is 12.3. The molecule has 8 aromatic carbocycles. The van der Waals surface area contributed by atoms with Crippen LogP contribution in [-0.2, 0) is 0 Å². The first-order valence-electron chi connectivity index (χ1n) is 19.0. The number of hydrogen-bond acceptors (Lipinski definition) is 5. The highest BCUT2D eigenvalue weighted by atomic mass is 16.3. The lowest BCUT2D eigenvalue weighted by Crippen LogP contribution is -2.02. The lowest BCUT2D eigenvalue weighted by atomic mass is 10.0. The largest absolute Gasteiger partial charge is 0.456 e. The predicted octanol–water partition coefficient (Wildman–Crippen LogP) is 13.4. The molecule has 0 unspecified atom stereocenters. The molecule has 6 heteroatoms. The predicted molar refractivity (Wildman–Crippen MR) is 230 cm³/mol. The van der Waals surface area contributed by atoms with E-state index in [4.69, 9.17) is 23.8 Å². The molecule has 0 atom stereocenters. The maximum Gasteiger partial charge on any atom is 0.166 e. The Balaban J connectivity index is 1.13. The highest BCUT2D eigenvalue weighted by molar-refractivity contribution is 6.16. The Labute approximate surface area is 325 Å². The van der Waals surface area contributed by atoms with Crippen molar-refractivity contribution < 1.29 is 8.83 Å². The van der Waals surface area contributed by atoms with Crippen molar-refractivity contribution in [3.05, 3.63) is 182 Å². The molecule has 0 fully saturated rings. The molecule has 0 N–H and O–H groups in total. The average Bonchev–Trinajstić information content (AvgIpc) is 3.96. The van der Waals surface area contributed by atoms with Crippen LogP contribution in [0.5, 0.6) is 0 Å². The second-order valence-electron chi connectivity index (χ2n) is 14.3. The Morgan fingerprint density at radius 1 is 0.351 bits per heavy atom. The van der Waals surface area contributed by atoms with E-state index in [1.54, 1.807) is 0 Å². The summed E-state index contributed by atoms with van der Waals surface area (Å²) in [6.07, 6.45) is 0. The SMILES string of the molecule is c1ccc(-c2nc(-c3ccc4c(c3)oc3ccccc34)nc(-c3cccc4c5ccccc5n(-c5cccc6c5oc5c(-c7ccccc7)cccc56)c34)n2)cc1. The molecule has 0 saturated carbocycles. The first-order valence-corrected chi connectivity index (χ1v) is 19.0. The summed E-state index contributed by atoms with van der Waals surface area (Å²) in [6.45, 7) is 0. The third-order valence-corrected chi connectivity index (χ3v) is 11.1. The molecule has 0 spiro atoms. The summed E-state index contributed by atoms with van der Waals surface area (Å²) in [4.78, 5) is 15.5. The van der Waals surface area contributed by atoms with E-state index in [1.807, 2.05) is 60.7 Å². The van der Waals surface area contributed by atoms with Gasteiger partial charge in [0.15, 0.2) is 23.1 Å². The smallest absolute Gasteiger partial charge is 0.166 e. The van der Waals surface area contributed by atoms with Gasteiger partial charge in [-0.15, -0.1) is 0 Å². The molecule has 0 radical (unpaired) electrons. The normalized spacial score (nSPS) is 11.9. The van der Waals surface area contributed by atoms with Crippen LogP contribution in [0.4, 0.5) is 0 Å². The molecule has 0 bridgehead atoms. The number of para-hydroxylation sites is 5. The number of fused-ring (bicyclic) bond motifs is 9. The van der Waals surface area contributed by atoms with Gasteiger partial charge in [-0.05, 0) is 42.0 Å². The van der Waals surface area contributed by atoms with Gasteiger partial charge >= 0.3 is 0 Å². The lowest BCUT2D eigenvalue weighted by molar-refractivity contribution is 0.667. The van der Waals surface area contributed by atoms with E-state index in [9.17, 15) is 0 Å². The zero-order chi connectivity index (χ0) is 37.5. The molecule has 57 heavy (non-hydrogen) atoms. The molecule has 266 valence electrons. The van der Waals surface area contributed by atoms with Crippen molar-refractivity contribution in [2.75, 3.05) is 0 Å². The topological polar surface area (TPSA) is 69.9 Å². The monoisotopic (exact) mass is 730 g/mol. The first kappa shape index (κ1) is 31.5. The zero-order valence-electron chi connectivity index (χ0n) is 30.4. The fourth-order valence-corrected chi connectivity index (χ4v) is 8.48. The van der Waals surface area contributed by atoms with Gasteiger partial charge in [-0.2, -0.15) is 0 Å². The summed E-state index contributed by atoms with van der Waals surface area (Å²) in [5.41, 5.74) is 11.1. The van der Waals surface area contributed by atoms with Gasteiger partial charge in [0.1, 0.15) is 16.7 Å². The number of hydrogen-bond donors (Lipinski definition) is 0. The van der Waals surface area contributed by atoms with E-state index in [-0.39, 0.29) is 0 Å². The molecule has 4 heterocycles. The molecule has 4 aromatic heterocycles. The van der Waals surface area contributed by atoms with E-state index in [1.165, 1.54) is 0 Å². The van der Waals surface area contributed by atoms with Crippen LogP contribution in [0.25, 0.3) is 117 Å². The number of furan rings is 2. The third-order valence-electron chi connectivity index (χ3n) is 11.1. The summed E-state index contributed by atoms with van der Waals surface area (Å²) in [6, 6.07) is 62.6. The summed E-state index contributed by atoms with van der Waals surface area (Å²) >= 11 is 0. The number of nitrogens with zero attached hydrogens (tertiary/aromatic N) is 4. The van der Waals surface area contributed by atoms with Crippen molar-refractivity contribution in [3.8, 4) is 51.0 Å². The van der Waals surface area contributed by atoms with Crippen molar-refractivity contribution in [3.63, 3.8) is 0 Å². The molecular weight excluding hydrogens is 701 g/mol. The Bertz CT molecular complexity index is 3530. The number of aromatic nitrogens is 4. The van der Waals surface area contributed by atoms with E-state index >= 15 is 0 Å². The van der Waals surface area contributed by atoms with Crippen LogP contribution in [0.2, 0.25) is 0 Å². The van der Waals surface area contributed by atoms with Crippen molar-refractivity contribution >= 4 is 65.7 Å². The molecule has 0 aliphatic rings. The standard InChI is InChI=1S/C51H30N4O2/c1-3-14-31(15-4-1)34-20-11-22-39-40-23-13-26-43(48(40)57-47(34)39)55-42-25-9-7-18-35(42)38-21-12-24-41(46(38)55)51-53-49(32-16-5-2-6-17-32)52-50(54-51)33-28-29-37-36-19-8-10-27-44(36)56-45(37)30-33/h1-30H. The Morgan fingerprint density at radius 2 is 0.947 bits per heavy atom. The van der Waals surface area contributed by atoms with Gasteiger partial charge in [-0.3, -0.25) is 0 Å². The average molecular weight is 731 g/mol. The summed E-state index contributed by atoms with van der Waals surface area (Å²) in [7, 11) is 0. The van der Waals surface area contributed by atoms with Gasteiger partial charge in [-0.25, -0.2) is 15.0 Å². The van der Waals surface area contributed by atoms with Crippen LogP contribution in [0.1, 0.15) is 0 Å². The summed E-state index contributed by atoms with van der Waals surface area (Å²) < 4.78 is 15.6. The molecule has 0 amide bonds. The molecule has 0 saturated heterocycles. The fraction of sp³-hybridized carbons (Fsp3) is 0. The van der Waals surface area contributed by atoms with Gasteiger partial charge in [0, 0.05) is 54.6 Å². The maximum absolute atomic E-state index is 6.98. The van der Waals surface area contributed by atoms with Crippen LogP contribution in [0.3, 0.4) is 0 Å². The highest BCUT2D eigenvalue weighted by Crippen LogP contribution is 2.43. The maximum atomic E-state index is 6.98. The van der Waals surface area contributed by atoms with Gasteiger partial charge in [0.2, 0.25) is 0 Å². The molecule has 0 aliphatic carbocycles. The van der Waals surface area contributed by atoms with E-state index < -0.39 is 0 Å². The zero-order valence-corrected chi connectivity index (χ0v) is 30.4. The Morgan fingerprint density at radius 3 is 1.77 bits per heavy atom. The van der Waals surface area contributed by atoms with E-state index in [2.05, 4.69) is 126 Å². The quantitative estimate of drug-likeness (QED) is 0.176. The number of rotatable bonds is 5. The molecule has 0 aliphatic heterocycles. The van der Waals surface area contributed by atoms with Gasteiger partial charge in [0.25, 0.3) is 0 Å². The third kappa shape index (κ3) is 4.87. The van der Waals surface area contributed by atoms with Crippen LogP contribution in [-0.4, -0.2) is 19.5 Å². The van der Waals surface area contributed by atoms with Crippen molar-refractivity contribution in [2.45, 2.75) is 0 Å². The van der Waals surface area contributed by atoms with Crippen molar-refractivity contribution in [1.82, 2.24) is 19.5 Å².